The Bertz CT molecular complexity index is 1580. The molecule has 0 unspecified atom stereocenters. The van der Waals surface area contributed by atoms with E-state index in [0.29, 0.717) is 32.7 Å². The number of aromatic nitrogens is 1. The maximum absolute atomic E-state index is 13.6. The second kappa shape index (κ2) is 11.8. The predicted octanol–water partition coefficient (Wildman–Crippen LogP) is 7.17. The third-order valence-electron chi connectivity index (χ3n) is 7.65. The summed E-state index contributed by atoms with van der Waals surface area (Å²) >= 11 is 0. The average Bonchev–Trinajstić information content (AvgIpc) is 3.36. The summed E-state index contributed by atoms with van der Waals surface area (Å²) < 4.78 is 14.0. The average molecular weight is 531 g/mol. The lowest BCUT2D eigenvalue weighted by Gasteiger charge is -2.29. The number of fused-ring (bicyclic) bond motifs is 1. The summed E-state index contributed by atoms with van der Waals surface area (Å²) in [5.74, 6) is 1.57. The molecule has 202 valence electrons. The number of benzene rings is 4. The summed E-state index contributed by atoms with van der Waals surface area (Å²) in [7, 11) is 0. The number of para-hydroxylation sites is 2. The molecule has 1 aliphatic heterocycles. The lowest BCUT2D eigenvalue weighted by molar-refractivity contribution is -0.135. The Morgan fingerprint density at radius 1 is 0.850 bits per heavy atom. The maximum Gasteiger partial charge on any atom is 0.223 e. The minimum absolute atomic E-state index is 0.126. The van der Waals surface area contributed by atoms with E-state index >= 15 is 0 Å². The molecule has 2 heterocycles. The second-order valence-corrected chi connectivity index (χ2v) is 10.5. The third-order valence-corrected chi connectivity index (χ3v) is 7.65. The first-order valence-electron chi connectivity index (χ1n) is 14.0. The van der Waals surface area contributed by atoms with E-state index in [1.165, 1.54) is 22.0 Å². The number of hydrogen-bond donors (Lipinski definition) is 0. The van der Waals surface area contributed by atoms with Gasteiger partial charge in [0.05, 0.1) is 13.2 Å². The molecule has 6 rings (SSSR count). The van der Waals surface area contributed by atoms with E-state index in [0.717, 1.165) is 29.2 Å². The Kier molecular flexibility index (Phi) is 7.64. The molecule has 1 saturated heterocycles. The molecule has 1 amide bonds. The molecule has 0 aliphatic carbocycles. The van der Waals surface area contributed by atoms with Gasteiger partial charge in [-0.15, -0.1) is 0 Å². The van der Waals surface area contributed by atoms with Gasteiger partial charge in [-0.1, -0.05) is 78.4 Å². The molecule has 1 fully saturated rings. The summed E-state index contributed by atoms with van der Waals surface area (Å²) in [6, 6.07) is 35.2. The fourth-order valence-electron chi connectivity index (χ4n) is 5.52. The van der Waals surface area contributed by atoms with E-state index in [1.807, 2.05) is 47.4 Å². The van der Waals surface area contributed by atoms with Gasteiger partial charge in [0, 0.05) is 49.1 Å². The van der Waals surface area contributed by atoms with Crippen LogP contribution in [0.1, 0.15) is 34.6 Å². The highest BCUT2D eigenvalue weighted by Crippen LogP contribution is 2.37. The zero-order valence-electron chi connectivity index (χ0n) is 22.8. The van der Waals surface area contributed by atoms with Crippen molar-refractivity contribution in [1.82, 2.24) is 9.47 Å². The summed E-state index contributed by atoms with van der Waals surface area (Å²) in [6.45, 7) is 5.33. The van der Waals surface area contributed by atoms with Crippen molar-refractivity contribution in [3.05, 3.63) is 132 Å². The van der Waals surface area contributed by atoms with Gasteiger partial charge in [0.25, 0.3) is 0 Å². The lowest BCUT2D eigenvalue weighted by atomic mass is 9.87. The zero-order valence-corrected chi connectivity index (χ0v) is 22.8. The number of ether oxygens (including phenoxy) is 2. The molecule has 4 aromatic carbocycles. The van der Waals surface area contributed by atoms with Gasteiger partial charge < -0.3 is 18.9 Å². The Balaban J connectivity index is 1.40. The van der Waals surface area contributed by atoms with Crippen molar-refractivity contribution >= 4 is 16.8 Å². The van der Waals surface area contributed by atoms with Crippen LogP contribution in [0.15, 0.2) is 109 Å². The standard InChI is InChI=1S/C35H34N2O3/c1-26-14-16-27(17-15-26)24-37-25-33(31-12-5-6-13-34(31)37)32(23-35(38)36-18-20-39-21-19-36)28-8-7-11-30(22-28)40-29-9-3-2-4-10-29/h2-17,22,25,32H,18-21,23-24H2,1H3/t32-/m1/s1. The molecule has 0 spiro atoms. The van der Waals surface area contributed by atoms with E-state index in [4.69, 9.17) is 9.47 Å². The zero-order chi connectivity index (χ0) is 27.3. The molecule has 0 saturated carbocycles. The van der Waals surface area contributed by atoms with Crippen molar-refractivity contribution in [3.8, 4) is 11.5 Å². The van der Waals surface area contributed by atoms with E-state index in [2.05, 4.69) is 78.4 Å². The molecular formula is C35H34N2O3. The lowest BCUT2D eigenvalue weighted by Crippen LogP contribution is -2.41. The van der Waals surface area contributed by atoms with E-state index in [1.54, 1.807) is 0 Å². The highest BCUT2D eigenvalue weighted by atomic mass is 16.5. The topological polar surface area (TPSA) is 43.7 Å². The van der Waals surface area contributed by atoms with E-state index in [9.17, 15) is 4.79 Å². The van der Waals surface area contributed by atoms with Crippen LogP contribution in [0.3, 0.4) is 0 Å². The van der Waals surface area contributed by atoms with Crippen LogP contribution in [0.25, 0.3) is 10.9 Å². The van der Waals surface area contributed by atoms with Crippen molar-refractivity contribution < 1.29 is 14.3 Å². The molecule has 1 aromatic heterocycles. The summed E-state index contributed by atoms with van der Waals surface area (Å²) in [4.78, 5) is 15.6. The van der Waals surface area contributed by atoms with E-state index < -0.39 is 0 Å². The summed E-state index contributed by atoms with van der Waals surface area (Å²) in [5.41, 5.74) is 5.88. The van der Waals surface area contributed by atoms with Gasteiger partial charge in [0.15, 0.2) is 0 Å². The Labute approximate surface area is 235 Å². The number of nitrogens with zero attached hydrogens (tertiary/aromatic N) is 2. The monoisotopic (exact) mass is 530 g/mol. The number of aryl methyl sites for hydroxylation is 1. The molecular weight excluding hydrogens is 496 g/mol. The Morgan fingerprint density at radius 2 is 1.57 bits per heavy atom. The molecule has 1 aliphatic rings. The van der Waals surface area contributed by atoms with Gasteiger partial charge in [0.2, 0.25) is 5.91 Å². The molecule has 0 bridgehead atoms. The number of carbonyl (C=O) groups excluding carboxylic acids is 1. The molecule has 1 atom stereocenters. The van der Waals surface area contributed by atoms with Crippen molar-refractivity contribution in [2.24, 2.45) is 0 Å². The number of hydrogen-bond acceptors (Lipinski definition) is 3. The van der Waals surface area contributed by atoms with Gasteiger partial charge >= 0.3 is 0 Å². The second-order valence-electron chi connectivity index (χ2n) is 10.5. The van der Waals surface area contributed by atoms with Crippen LogP contribution < -0.4 is 4.74 Å². The van der Waals surface area contributed by atoms with Gasteiger partial charge in [0.1, 0.15) is 11.5 Å². The Hall–Kier alpha value is -4.35. The SMILES string of the molecule is Cc1ccc(Cn2cc([C@H](CC(=O)N3CCOCC3)c3cccc(Oc4ccccc4)c3)c3ccccc32)cc1. The number of rotatable bonds is 8. The predicted molar refractivity (Wildman–Crippen MR) is 159 cm³/mol. The molecule has 0 radical (unpaired) electrons. The first-order valence-corrected chi connectivity index (χ1v) is 14.0. The van der Waals surface area contributed by atoms with Crippen molar-refractivity contribution in [1.29, 1.82) is 0 Å². The van der Waals surface area contributed by atoms with E-state index in [-0.39, 0.29) is 11.8 Å². The summed E-state index contributed by atoms with van der Waals surface area (Å²) in [6.07, 6.45) is 2.62. The maximum atomic E-state index is 13.6. The van der Waals surface area contributed by atoms with Crippen LogP contribution in [0.5, 0.6) is 11.5 Å². The molecule has 5 nitrogen and oxygen atoms in total. The van der Waals surface area contributed by atoms with Gasteiger partial charge in [-0.25, -0.2) is 0 Å². The van der Waals surface area contributed by atoms with Crippen molar-refractivity contribution in [2.45, 2.75) is 25.8 Å². The summed E-state index contributed by atoms with van der Waals surface area (Å²) in [5, 5.41) is 1.17. The fourth-order valence-corrected chi connectivity index (χ4v) is 5.52. The van der Waals surface area contributed by atoms with Crippen molar-refractivity contribution in [3.63, 3.8) is 0 Å². The molecule has 0 N–H and O–H groups in total. The number of morpholine rings is 1. The molecule has 40 heavy (non-hydrogen) atoms. The molecule has 5 heteroatoms. The van der Waals surface area contributed by atoms with Gasteiger partial charge in [-0.3, -0.25) is 4.79 Å². The quantitative estimate of drug-likeness (QED) is 0.214. The Morgan fingerprint density at radius 3 is 2.38 bits per heavy atom. The van der Waals surface area contributed by atoms with Crippen LogP contribution in [0, 0.1) is 6.92 Å². The van der Waals surface area contributed by atoms with Gasteiger partial charge in [-0.2, -0.15) is 0 Å². The van der Waals surface area contributed by atoms with Crippen molar-refractivity contribution in [2.75, 3.05) is 26.3 Å². The van der Waals surface area contributed by atoms with Crippen LogP contribution >= 0.6 is 0 Å². The normalized spacial score (nSPS) is 14.3. The number of carbonyl (C=O) groups is 1. The largest absolute Gasteiger partial charge is 0.457 e. The molecule has 5 aromatic rings. The third kappa shape index (κ3) is 5.80. The van der Waals surface area contributed by atoms with Gasteiger partial charge in [-0.05, 0) is 53.9 Å². The number of amides is 1. The van der Waals surface area contributed by atoms with Crippen LogP contribution in [-0.2, 0) is 16.1 Å². The van der Waals surface area contributed by atoms with Crippen LogP contribution in [0.4, 0.5) is 0 Å². The van der Waals surface area contributed by atoms with Crippen LogP contribution in [0.2, 0.25) is 0 Å². The first kappa shape index (κ1) is 25.9. The van der Waals surface area contributed by atoms with Crippen LogP contribution in [-0.4, -0.2) is 41.7 Å². The minimum atomic E-state index is -0.126. The first-order chi connectivity index (χ1) is 19.6. The fraction of sp³-hybridized carbons (Fsp3) is 0.229. The highest BCUT2D eigenvalue weighted by Gasteiger charge is 2.26. The smallest absolute Gasteiger partial charge is 0.223 e. The highest BCUT2D eigenvalue weighted by molar-refractivity contribution is 5.87. The minimum Gasteiger partial charge on any atom is -0.457 e.